The second kappa shape index (κ2) is 6.38. The van der Waals surface area contributed by atoms with Crippen LogP contribution in [0.3, 0.4) is 0 Å². The minimum Gasteiger partial charge on any atom is -0.337 e. The second-order valence-electron chi connectivity index (χ2n) is 6.14. The van der Waals surface area contributed by atoms with E-state index >= 15 is 0 Å². The number of para-hydroxylation sites is 1. The average molecular weight is 352 g/mol. The summed E-state index contributed by atoms with van der Waals surface area (Å²) in [6.45, 7) is 0.276. The van der Waals surface area contributed by atoms with Crippen LogP contribution in [0.4, 0.5) is 28.0 Å². The van der Waals surface area contributed by atoms with Crippen LogP contribution in [0.15, 0.2) is 48.5 Å². The zero-order valence-corrected chi connectivity index (χ0v) is 13.2. The van der Waals surface area contributed by atoms with Gasteiger partial charge in [-0.2, -0.15) is 13.2 Å². The molecule has 0 radical (unpaired) electrons. The van der Waals surface area contributed by atoms with E-state index in [1.165, 1.54) is 30.3 Å². The van der Waals surface area contributed by atoms with Gasteiger partial charge in [0, 0.05) is 12.0 Å². The Bertz CT molecular complexity index is 767. The minimum atomic E-state index is -4.55. The van der Waals surface area contributed by atoms with Crippen molar-refractivity contribution < 1.29 is 22.4 Å². The highest BCUT2D eigenvalue weighted by atomic mass is 19.4. The Morgan fingerprint density at radius 3 is 2.28 bits per heavy atom. The van der Waals surface area contributed by atoms with Crippen molar-refractivity contribution in [1.29, 1.82) is 0 Å². The van der Waals surface area contributed by atoms with Crippen LogP contribution in [0.25, 0.3) is 0 Å². The van der Waals surface area contributed by atoms with Crippen LogP contribution < -0.4 is 10.6 Å². The average Bonchev–Trinajstić information content (AvgIpc) is 3.34. The van der Waals surface area contributed by atoms with Crippen LogP contribution in [-0.2, 0) is 11.6 Å². The Labute approximate surface area is 142 Å². The molecule has 3 nitrogen and oxygen atoms in total. The van der Waals surface area contributed by atoms with Crippen molar-refractivity contribution in [3.8, 4) is 0 Å². The summed E-state index contributed by atoms with van der Waals surface area (Å²) in [6, 6.07) is 10.1. The molecule has 0 spiro atoms. The first-order valence-electron chi connectivity index (χ1n) is 7.77. The Morgan fingerprint density at radius 1 is 1.04 bits per heavy atom. The molecule has 0 bridgehead atoms. The number of rotatable bonds is 4. The summed E-state index contributed by atoms with van der Waals surface area (Å²) in [5, 5.41) is 4.86. The lowest BCUT2D eigenvalue weighted by Gasteiger charge is -2.18. The van der Waals surface area contributed by atoms with Crippen molar-refractivity contribution in [1.82, 2.24) is 5.32 Å². The van der Waals surface area contributed by atoms with Crippen molar-refractivity contribution in [2.45, 2.75) is 24.4 Å². The highest BCUT2D eigenvalue weighted by Crippen LogP contribution is 2.47. The number of amides is 2. The van der Waals surface area contributed by atoms with E-state index in [4.69, 9.17) is 0 Å². The lowest BCUT2D eigenvalue weighted by Crippen LogP contribution is -2.35. The largest absolute Gasteiger partial charge is 0.418 e. The Balaban J connectivity index is 1.64. The van der Waals surface area contributed by atoms with Gasteiger partial charge < -0.3 is 10.6 Å². The zero-order valence-electron chi connectivity index (χ0n) is 13.2. The molecule has 2 aromatic rings. The summed E-state index contributed by atoms with van der Waals surface area (Å²) in [5.41, 5.74) is -0.553. The van der Waals surface area contributed by atoms with Gasteiger partial charge in [0.05, 0.1) is 11.3 Å². The van der Waals surface area contributed by atoms with Crippen molar-refractivity contribution in [3.63, 3.8) is 0 Å². The molecule has 1 aliphatic carbocycles. The fourth-order valence-electron chi connectivity index (χ4n) is 2.78. The molecule has 2 N–H and O–H groups in total. The number of alkyl halides is 3. The normalized spacial score (nSPS) is 15.5. The molecule has 0 aliphatic heterocycles. The number of nitrogens with one attached hydrogen (secondary N) is 2. The molecule has 2 amide bonds. The van der Waals surface area contributed by atoms with Crippen molar-refractivity contribution >= 4 is 11.7 Å². The fraction of sp³-hybridized carbons (Fsp3) is 0.278. The molecule has 1 aliphatic rings. The van der Waals surface area contributed by atoms with E-state index < -0.39 is 17.8 Å². The second-order valence-corrected chi connectivity index (χ2v) is 6.14. The maximum Gasteiger partial charge on any atom is 0.418 e. The van der Waals surface area contributed by atoms with E-state index in [9.17, 15) is 22.4 Å². The number of urea groups is 1. The predicted octanol–water partition coefficient (Wildman–Crippen LogP) is 4.70. The standard InChI is InChI=1S/C18H16F4N2O/c19-13-7-5-12(6-8-13)17(9-10-17)11-23-16(25)24-15-4-2-1-3-14(15)18(20,21)22/h1-8H,9-11H2,(H2,23,24,25). The molecule has 132 valence electrons. The number of hydrogen-bond acceptors (Lipinski definition) is 1. The summed E-state index contributed by atoms with van der Waals surface area (Å²) < 4.78 is 51.8. The van der Waals surface area contributed by atoms with Gasteiger partial charge in [-0.05, 0) is 42.7 Å². The Hall–Kier alpha value is -2.57. The maximum absolute atomic E-state index is 13.0. The molecule has 0 aromatic heterocycles. The number of anilines is 1. The third-order valence-electron chi connectivity index (χ3n) is 4.38. The van der Waals surface area contributed by atoms with Crippen molar-refractivity contribution in [2.24, 2.45) is 0 Å². The quantitative estimate of drug-likeness (QED) is 0.770. The summed E-state index contributed by atoms with van der Waals surface area (Å²) in [6.07, 6.45) is -2.88. The molecule has 2 aromatic carbocycles. The highest BCUT2D eigenvalue weighted by molar-refractivity contribution is 5.90. The summed E-state index contributed by atoms with van der Waals surface area (Å²) in [4.78, 5) is 12.0. The first kappa shape index (κ1) is 17.3. The third kappa shape index (κ3) is 3.92. The van der Waals surface area contributed by atoms with Crippen LogP contribution in [0.5, 0.6) is 0 Å². The first-order chi connectivity index (χ1) is 11.8. The van der Waals surface area contributed by atoms with Gasteiger partial charge in [-0.3, -0.25) is 0 Å². The monoisotopic (exact) mass is 352 g/mol. The van der Waals surface area contributed by atoms with Crippen molar-refractivity contribution in [3.05, 3.63) is 65.5 Å². The molecule has 0 atom stereocenters. The van der Waals surface area contributed by atoms with Crippen LogP contribution in [-0.4, -0.2) is 12.6 Å². The highest BCUT2D eigenvalue weighted by Gasteiger charge is 2.44. The summed E-state index contributed by atoms with van der Waals surface area (Å²) in [7, 11) is 0. The minimum absolute atomic E-state index is 0.269. The van der Waals surface area contributed by atoms with E-state index in [0.717, 1.165) is 24.5 Å². The molecule has 0 heterocycles. The number of halogens is 4. The number of carbonyl (C=O) groups is 1. The molecule has 1 fully saturated rings. The maximum atomic E-state index is 13.0. The molecule has 7 heteroatoms. The van der Waals surface area contributed by atoms with Gasteiger partial charge in [-0.1, -0.05) is 24.3 Å². The van der Waals surface area contributed by atoms with E-state index in [-0.39, 0.29) is 23.5 Å². The first-order valence-corrected chi connectivity index (χ1v) is 7.77. The lowest BCUT2D eigenvalue weighted by molar-refractivity contribution is -0.136. The van der Waals surface area contributed by atoms with Gasteiger partial charge in [0.25, 0.3) is 0 Å². The molecule has 3 rings (SSSR count). The van der Waals surface area contributed by atoms with E-state index in [1.807, 2.05) is 0 Å². The number of hydrogen-bond donors (Lipinski definition) is 2. The van der Waals surface area contributed by atoms with Gasteiger partial charge in [0.15, 0.2) is 0 Å². The zero-order chi connectivity index (χ0) is 18.1. The topological polar surface area (TPSA) is 41.1 Å². The van der Waals surface area contributed by atoms with Gasteiger partial charge in [-0.15, -0.1) is 0 Å². The molecule has 0 saturated heterocycles. The van der Waals surface area contributed by atoms with E-state index in [0.29, 0.717) is 0 Å². The van der Waals surface area contributed by atoms with Crippen LogP contribution in [0.2, 0.25) is 0 Å². The van der Waals surface area contributed by atoms with Gasteiger partial charge >= 0.3 is 12.2 Å². The predicted molar refractivity (Wildman–Crippen MR) is 85.8 cm³/mol. The van der Waals surface area contributed by atoms with E-state index in [1.54, 1.807) is 12.1 Å². The van der Waals surface area contributed by atoms with Crippen LogP contribution >= 0.6 is 0 Å². The van der Waals surface area contributed by atoms with Crippen LogP contribution in [0.1, 0.15) is 24.0 Å². The van der Waals surface area contributed by atoms with E-state index in [2.05, 4.69) is 10.6 Å². The fourth-order valence-corrected chi connectivity index (χ4v) is 2.78. The van der Waals surface area contributed by atoms with Crippen LogP contribution in [0, 0.1) is 5.82 Å². The SMILES string of the molecule is O=C(NCC1(c2ccc(F)cc2)CC1)Nc1ccccc1C(F)(F)F. The molecule has 25 heavy (non-hydrogen) atoms. The molecular weight excluding hydrogens is 336 g/mol. The summed E-state index contributed by atoms with van der Waals surface area (Å²) in [5.74, 6) is -0.339. The van der Waals surface area contributed by atoms with Gasteiger partial charge in [-0.25, -0.2) is 9.18 Å². The summed E-state index contributed by atoms with van der Waals surface area (Å²) >= 11 is 0. The smallest absolute Gasteiger partial charge is 0.337 e. The third-order valence-corrected chi connectivity index (χ3v) is 4.38. The lowest BCUT2D eigenvalue weighted by atomic mass is 9.96. The molecular formula is C18H16F4N2O. The number of carbonyl (C=O) groups excluding carboxylic acids is 1. The van der Waals surface area contributed by atoms with Gasteiger partial charge in [0.1, 0.15) is 5.82 Å². The Morgan fingerprint density at radius 2 is 1.68 bits per heavy atom. The molecule has 0 unspecified atom stereocenters. The van der Waals surface area contributed by atoms with Gasteiger partial charge in [0.2, 0.25) is 0 Å². The number of benzene rings is 2. The van der Waals surface area contributed by atoms with Crippen molar-refractivity contribution in [2.75, 3.05) is 11.9 Å². The molecule has 1 saturated carbocycles. The Kier molecular flexibility index (Phi) is 4.41.